The smallest absolute Gasteiger partial charge is 0.278 e. The Hall–Kier alpha value is -3.17. The van der Waals surface area contributed by atoms with Crippen molar-refractivity contribution in [2.45, 2.75) is 59.2 Å². The van der Waals surface area contributed by atoms with Crippen LogP contribution in [0.25, 0.3) is 16.9 Å². The summed E-state index contributed by atoms with van der Waals surface area (Å²) in [5.41, 5.74) is 3.82. The van der Waals surface area contributed by atoms with E-state index >= 15 is 0 Å². The molecule has 5 rings (SSSR count). The van der Waals surface area contributed by atoms with Gasteiger partial charge in [-0.25, -0.2) is 14.3 Å². The molecule has 1 aromatic carbocycles. The van der Waals surface area contributed by atoms with Crippen LogP contribution in [0.4, 0.5) is 11.6 Å². The van der Waals surface area contributed by atoms with E-state index in [-0.39, 0.29) is 29.5 Å². The molecular formula is C24H31ClN8O. The first-order valence-corrected chi connectivity index (χ1v) is 11.4. The van der Waals surface area contributed by atoms with E-state index in [4.69, 9.17) is 10.1 Å². The number of aromatic nitrogens is 6. The molecule has 0 aliphatic carbocycles. The van der Waals surface area contributed by atoms with Crippen molar-refractivity contribution in [3.63, 3.8) is 0 Å². The summed E-state index contributed by atoms with van der Waals surface area (Å²) in [6.07, 6.45) is 4.53. The minimum atomic E-state index is -0.173. The number of hydrogen-bond donors (Lipinski definition) is 2. The molecule has 0 fully saturated rings. The lowest BCUT2D eigenvalue weighted by molar-refractivity contribution is 0.352. The van der Waals surface area contributed by atoms with Gasteiger partial charge in [-0.1, -0.05) is 6.07 Å². The summed E-state index contributed by atoms with van der Waals surface area (Å²) in [6, 6.07) is 8.16. The highest BCUT2D eigenvalue weighted by molar-refractivity contribution is 5.85. The number of anilines is 2. The van der Waals surface area contributed by atoms with Crippen LogP contribution < -0.4 is 16.2 Å². The Bertz CT molecular complexity index is 1390. The van der Waals surface area contributed by atoms with Gasteiger partial charge < -0.3 is 10.6 Å². The normalized spacial score (nSPS) is 13.7. The van der Waals surface area contributed by atoms with Crippen molar-refractivity contribution in [2.75, 3.05) is 11.9 Å². The van der Waals surface area contributed by atoms with Crippen LogP contribution in [-0.2, 0) is 18.5 Å². The maximum absolute atomic E-state index is 13.2. The number of rotatable bonds is 4. The van der Waals surface area contributed by atoms with E-state index in [0.29, 0.717) is 22.8 Å². The first kappa shape index (κ1) is 24.0. The molecule has 3 aromatic heterocycles. The van der Waals surface area contributed by atoms with E-state index in [9.17, 15) is 4.79 Å². The van der Waals surface area contributed by atoms with Crippen LogP contribution in [0.1, 0.15) is 51.8 Å². The molecule has 1 aliphatic heterocycles. The number of nitrogens with zero attached hydrogens (tertiary/aromatic N) is 6. The molecule has 9 nitrogen and oxygen atoms in total. The molecule has 0 atom stereocenters. The summed E-state index contributed by atoms with van der Waals surface area (Å²) >= 11 is 0. The third kappa shape index (κ3) is 4.21. The van der Waals surface area contributed by atoms with Crippen molar-refractivity contribution in [3.05, 3.63) is 58.1 Å². The van der Waals surface area contributed by atoms with Gasteiger partial charge in [-0.05, 0) is 70.8 Å². The maximum Gasteiger partial charge on any atom is 0.278 e. The van der Waals surface area contributed by atoms with Gasteiger partial charge in [0.1, 0.15) is 5.39 Å². The van der Waals surface area contributed by atoms with Crippen molar-refractivity contribution in [2.24, 2.45) is 0 Å². The van der Waals surface area contributed by atoms with Crippen LogP contribution >= 0.6 is 12.4 Å². The van der Waals surface area contributed by atoms with E-state index < -0.39 is 0 Å². The summed E-state index contributed by atoms with van der Waals surface area (Å²) in [5.74, 6) is 1.10. The van der Waals surface area contributed by atoms with Gasteiger partial charge in [-0.3, -0.25) is 9.48 Å². The van der Waals surface area contributed by atoms with Gasteiger partial charge in [0.2, 0.25) is 5.95 Å². The van der Waals surface area contributed by atoms with Crippen LogP contribution in [0.5, 0.6) is 0 Å². The molecule has 34 heavy (non-hydrogen) atoms. The highest BCUT2D eigenvalue weighted by Crippen LogP contribution is 2.24. The summed E-state index contributed by atoms with van der Waals surface area (Å²) < 4.78 is 5.38. The third-order valence-electron chi connectivity index (χ3n) is 5.94. The summed E-state index contributed by atoms with van der Waals surface area (Å²) in [4.78, 5) is 22.4. The van der Waals surface area contributed by atoms with Crippen molar-refractivity contribution in [1.29, 1.82) is 0 Å². The zero-order valence-electron chi connectivity index (χ0n) is 20.2. The van der Waals surface area contributed by atoms with Crippen LogP contribution in [-0.4, -0.2) is 35.7 Å². The van der Waals surface area contributed by atoms with Gasteiger partial charge in [0.05, 0.1) is 5.54 Å². The SMILES string of the molecule is CC(C)n1c(=O)c2cnc(Nc3ccc4c(c3)CCNC4)nc2n1-c1ccn(C(C)(C)C)n1.Cl. The summed E-state index contributed by atoms with van der Waals surface area (Å²) in [5, 5.41) is 11.9. The number of nitrogens with one attached hydrogen (secondary N) is 2. The van der Waals surface area contributed by atoms with Gasteiger partial charge >= 0.3 is 0 Å². The lowest BCUT2D eigenvalue weighted by Gasteiger charge is -2.19. The summed E-state index contributed by atoms with van der Waals surface area (Å²) in [6.45, 7) is 12.1. The molecule has 180 valence electrons. The number of fused-ring (bicyclic) bond motifs is 2. The molecule has 1 aliphatic rings. The van der Waals surface area contributed by atoms with Gasteiger partial charge in [0.15, 0.2) is 11.5 Å². The molecule has 4 aromatic rings. The van der Waals surface area contributed by atoms with E-state index in [1.165, 1.54) is 11.1 Å². The second kappa shape index (κ2) is 8.88. The second-order valence-electron chi connectivity index (χ2n) is 9.81. The average Bonchev–Trinajstić information content (AvgIpc) is 3.37. The van der Waals surface area contributed by atoms with Gasteiger partial charge in [0.25, 0.3) is 5.56 Å². The summed E-state index contributed by atoms with van der Waals surface area (Å²) in [7, 11) is 0. The van der Waals surface area contributed by atoms with Crippen molar-refractivity contribution in [1.82, 2.24) is 34.4 Å². The highest BCUT2D eigenvalue weighted by Gasteiger charge is 2.22. The second-order valence-corrected chi connectivity index (χ2v) is 9.81. The number of halogens is 1. The monoisotopic (exact) mass is 482 g/mol. The zero-order valence-corrected chi connectivity index (χ0v) is 21.0. The fourth-order valence-electron chi connectivity index (χ4n) is 4.23. The van der Waals surface area contributed by atoms with Crippen LogP contribution in [0.2, 0.25) is 0 Å². The maximum atomic E-state index is 13.2. The van der Waals surface area contributed by atoms with Crippen molar-refractivity contribution >= 4 is 35.1 Å². The molecule has 0 unspecified atom stereocenters. The fourth-order valence-corrected chi connectivity index (χ4v) is 4.23. The topological polar surface area (TPSA) is 94.6 Å². The van der Waals surface area contributed by atoms with Crippen molar-refractivity contribution in [3.8, 4) is 5.82 Å². The predicted molar refractivity (Wildman–Crippen MR) is 137 cm³/mol. The van der Waals surface area contributed by atoms with E-state index in [2.05, 4.69) is 48.5 Å². The standard InChI is InChI=1S/C24H30N8O.ClH/c1-15(2)31-22(33)19-14-26-23(27-18-7-6-17-13-25-10-8-16(17)12-18)28-21(19)32(31)20-9-11-30(29-20)24(3,4)5;/h6-7,9,11-12,14-15,25H,8,10,13H2,1-5H3,(H,26,27,28);1H. The fraction of sp³-hybridized carbons (Fsp3) is 0.417. The first-order chi connectivity index (χ1) is 15.7. The zero-order chi connectivity index (χ0) is 23.3. The van der Waals surface area contributed by atoms with Gasteiger partial charge in [0, 0.05) is 36.7 Å². The molecular weight excluding hydrogens is 452 g/mol. The molecule has 0 bridgehead atoms. The predicted octanol–water partition coefficient (Wildman–Crippen LogP) is 3.93. The quantitative estimate of drug-likeness (QED) is 0.457. The molecule has 10 heteroatoms. The Morgan fingerprint density at radius 3 is 2.65 bits per heavy atom. The average molecular weight is 483 g/mol. The molecule has 0 radical (unpaired) electrons. The highest BCUT2D eigenvalue weighted by atomic mass is 35.5. The minimum Gasteiger partial charge on any atom is -0.324 e. The molecule has 0 spiro atoms. The number of hydrogen-bond acceptors (Lipinski definition) is 6. The molecule has 2 N–H and O–H groups in total. The third-order valence-corrected chi connectivity index (χ3v) is 5.94. The lowest BCUT2D eigenvalue weighted by atomic mass is 10.0. The Morgan fingerprint density at radius 2 is 1.94 bits per heavy atom. The van der Waals surface area contributed by atoms with Crippen LogP contribution in [0.15, 0.2) is 41.5 Å². The van der Waals surface area contributed by atoms with Crippen LogP contribution in [0, 0.1) is 0 Å². The molecule has 0 amide bonds. The lowest BCUT2D eigenvalue weighted by Crippen LogP contribution is -2.26. The minimum absolute atomic E-state index is 0. The van der Waals surface area contributed by atoms with E-state index in [1.807, 2.05) is 36.9 Å². The van der Waals surface area contributed by atoms with Crippen molar-refractivity contribution < 1.29 is 0 Å². The Balaban J connectivity index is 0.00000274. The first-order valence-electron chi connectivity index (χ1n) is 11.4. The Morgan fingerprint density at radius 1 is 1.15 bits per heavy atom. The van der Waals surface area contributed by atoms with Crippen LogP contribution in [0.3, 0.4) is 0 Å². The molecule has 0 saturated carbocycles. The van der Waals surface area contributed by atoms with Gasteiger partial charge in [-0.2, -0.15) is 10.1 Å². The molecule has 0 saturated heterocycles. The number of benzene rings is 1. The Kier molecular flexibility index (Phi) is 6.26. The Labute approximate surface area is 204 Å². The van der Waals surface area contributed by atoms with E-state index in [0.717, 1.165) is 25.2 Å². The largest absolute Gasteiger partial charge is 0.324 e. The van der Waals surface area contributed by atoms with E-state index in [1.54, 1.807) is 15.6 Å². The van der Waals surface area contributed by atoms with Gasteiger partial charge in [-0.15, -0.1) is 12.4 Å². The molecule has 4 heterocycles.